The maximum absolute atomic E-state index is 6.60. The average molecular weight is 584 g/mol. The van der Waals surface area contributed by atoms with E-state index in [4.69, 9.17) is 59.0 Å². The fourth-order valence-electron chi connectivity index (χ4n) is 4.06. The zero-order valence-electron chi connectivity index (χ0n) is 20.7. The zero-order valence-corrected chi connectivity index (χ0v) is 24.8. The Balaban J connectivity index is 1.42. The molecule has 1 fully saturated rings. The number of imidazole rings is 1. The lowest BCUT2D eigenvalue weighted by atomic mass is 10.2. The van der Waals surface area contributed by atoms with Crippen LogP contribution in [0.4, 0.5) is 0 Å². The van der Waals surface area contributed by atoms with Crippen molar-refractivity contribution in [3.8, 4) is 5.75 Å². The van der Waals surface area contributed by atoms with Gasteiger partial charge in [0.25, 0.3) is 0 Å². The van der Waals surface area contributed by atoms with Gasteiger partial charge in [-0.1, -0.05) is 73.9 Å². The van der Waals surface area contributed by atoms with E-state index in [1.54, 1.807) is 17.8 Å². The van der Waals surface area contributed by atoms with Crippen molar-refractivity contribution in [3.05, 3.63) is 52.5 Å². The molecule has 0 aliphatic carbocycles. The molecule has 0 N–H and O–H groups in total. The van der Waals surface area contributed by atoms with Gasteiger partial charge >= 0.3 is 5.24 Å². The van der Waals surface area contributed by atoms with E-state index in [0.29, 0.717) is 22.4 Å². The van der Waals surface area contributed by atoms with Crippen molar-refractivity contribution in [2.45, 2.75) is 67.7 Å². The summed E-state index contributed by atoms with van der Waals surface area (Å²) in [6, 6.07) is 13.0. The number of nitrogens with zero attached hydrogens (tertiary/aromatic N) is 2. The smallest absolute Gasteiger partial charge is 0.358 e. The first-order chi connectivity index (χ1) is 16.9. The summed E-state index contributed by atoms with van der Waals surface area (Å²) >= 11 is 19.7. The Morgan fingerprint density at radius 3 is 2.56 bits per heavy atom. The predicted molar refractivity (Wildman–Crippen MR) is 151 cm³/mol. The number of aromatic nitrogens is 2. The minimum Gasteiger partial charge on any atom is -0.449 e. The summed E-state index contributed by atoms with van der Waals surface area (Å²) < 4.78 is 27.3. The number of ether oxygens (including phenoxy) is 3. The Kier molecular flexibility index (Phi) is 7.13. The quantitative estimate of drug-likeness (QED) is 0.228. The van der Waals surface area contributed by atoms with Gasteiger partial charge in [-0.15, -0.1) is 0 Å². The molecular formula is C25H28Cl2N2O4S2Si. The van der Waals surface area contributed by atoms with Crippen LogP contribution in [0.25, 0.3) is 11.0 Å². The fraction of sp³-hybridized carbons (Fsp3) is 0.440. The molecule has 3 heterocycles. The van der Waals surface area contributed by atoms with Crippen molar-refractivity contribution in [1.29, 1.82) is 0 Å². The highest BCUT2D eigenvalue weighted by Crippen LogP contribution is 2.51. The molecule has 3 aromatic rings. The van der Waals surface area contributed by atoms with E-state index in [-0.39, 0.29) is 34.0 Å². The first-order valence-corrected chi connectivity index (χ1v) is 16.7. The Morgan fingerprint density at radius 2 is 1.86 bits per heavy atom. The van der Waals surface area contributed by atoms with Crippen molar-refractivity contribution in [2.24, 2.45) is 0 Å². The van der Waals surface area contributed by atoms with Crippen molar-refractivity contribution in [3.63, 3.8) is 0 Å². The highest BCUT2D eigenvalue weighted by Gasteiger charge is 2.54. The predicted octanol–water partition coefficient (Wildman–Crippen LogP) is 7.49. The van der Waals surface area contributed by atoms with Crippen LogP contribution in [-0.4, -0.2) is 47.2 Å². The Bertz CT molecular complexity index is 1300. The second-order valence-corrected chi connectivity index (χ2v) is 17.6. The summed E-state index contributed by atoms with van der Waals surface area (Å²) in [5.41, 5.74) is 1.64. The third-order valence-corrected chi connectivity index (χ3v) is 13.7. The molecule has 2 aliphatic rings. The largest absolute Gasteiger partial charge is 0.449 e. The van der Waals surface area contributed by atoms with Gasteiger partial charge in [-0.3, -0.25) is 4.57 Å². The van der Waals surface area contributed by atoms with Gasteiger partial charge in [-0.05, 0) is 42.4 Å². The number of fused-ring (bicyclic) bond motifs is 5. The van der Waals surface area contributed by atoms with E-state index in [0.717, 1.165) is 16.2 Å². The van der Waals surface area contributed by atoms with Crippen molar-refractivity contribution >= 4 is 71.8 Å². The molecule has 2 aliphatic heterocycles. The van der Waals surface area contributed by atoms with E-state index < -0.39 is 8.32 Å². The van der Waals surface area contributed by atoms with Crippen LogP contribution < -0.4 is 4.74 Å². The van der Waals surface area contributed by atoms with E-state index in [2.05, 4.69) is 38.4 Å². The fourth-order valence-corrected chi connectivity index (χ4v) is 6.98. The van der Waals surface area contributed by atoms with Crippen LogP contribution in [0.3, 0.4) is 0 Å². The van der Waals surface area contributed by atoms with Crippen LogP contribution in [-0.2, 0) is 13.9 Å². The number of rotatable bonds is 5. The van der Waals surface area contributed by atoms with Gasteiger partial charge in [-0.2, -0.15) is 0 Å². The third kappa shape index (κ3) is 4.91. The molecule has 1 saturated heterocycles. The lowest BCUT2D eigenvalue weighted by Crippen LogP contribution is -2.45. The van der Waals surface area contributed by atoms with Crippen LogP contribution in [0.1, 0.15) is 27.0 Å². The molecule has 0 amide bonds. The third-order valence-electron chi connectivity index (χ3n) is 7.07. The highest BCUT2D eigenvalue weighted by atomic mass is 35.5. The van der Waals surface area contributed by atoms with Gasteiger partial charge in [0.1, 0.15) is 18.0 Å². The molecule has 192 valence electrons. The maximum atomic E-state index is 6.60. The van der Waals surface area contributed by atoms with Crippen molar-refractivity contribution in [2.75, 3.05) is 6.61 Å². The number of hydrogen-bond acceptors (Lipinski definition) is 7. The van der Waals surface area contributed by atoms with Crippen molar-refractivity contribution < 1.29 is 18.6 Å². The Labute approximate surface area is 231 Å². The van der Waals surface area contributed by atoms with E-state index in [9.17, 15) is 0 Å². The Hall–Kier alpha value is -1.33. The molecule has 0 bridgehead atoms. The van der Waals surface area contributed by atoms with E-state index in [1.807, 2.05) is 36.4 Å². The second kappa shape index (κ2) is 9.76. The van der Waals surface area contributed by atoms with E-state index in [1.165, 1.54) is 0 Å². The first kappa shape index (κ1) is 26.3. The topological polar surface area (TPSA) is 54.7 Å². The number of halogens is 2. The minimum atomic E-state index is -2.01. The molecule has 0 spiro atoms. The molecule has 6 nitrogen and oxygen atoms in total. The number of benzene rings is 2. The van der Waals surface area contributed by atoms with Gasteiger partial charge in [0.05, 0.1) is 32.9 Å². The molecule has 11 heteroatoms. The monoisotopic (exact) mass is 582 g/mol. The molecule has 4 atom stereocenters. The van der Waals surface area contributed by atoms with Gasteiger partial charge in [0, 0.05) is 12.2 Å². The second-order valence-electron chi connectivity index (χ2n) is 10.5. The minimum absolute atomic E-state index is 0.0533. The number of para-hydroxylation sites is 1. The number of thioether (sulfide) groups is 1. The van der Waals surface area contributed by atoms with Gasteiger partial charge < -0.3 is 18.6 Å². The van der Waals surface area contributed by atoms with Gasteiger partial charge in [0.2, 0.25) is 0 Å². The van der Waals surface area contributed by atoms with Crippen LogP contribution in [0.15, 0.2) is 47.6 Å². The average Bonchev–Trinajstić information content (AvgIpc) is 3.41. The number of thiocarbonyl (C=S) groups is 1. The summed E-state index contributed by atoms with van der Waals surface area (Å²) in [4.78, 5) is 4.76. The standard InChI is InChI=1S/C25H28Cl2N2O4S2Si/c1-25(2,3)36(4,5)30-13-19-20(33-24(34)31-14-9-7-6-8-10-14)21-22(32-19)29-18-12-16(27)15(26)11-17(18)28-23(29)35-21/h6-12,19-22H,13H2,1-5H3/t19-,20-,21+,22-/m1/s1. The molecule has 0 unspecified atom stereocenters. The van der Waals surface area contributed by atoms with E-state index >= 15 is 0 Å². The summed E-state index contributed by atoms with van der Waals surface area (Å²) in [5.74, 6) is 0.622. The van der Waals surface area contributed by atoms with Crippen LogP contribution in [0.5, 0.6) is 5.75 Å². The SMILES string of the molecule is CC(C)(C)[Si](C)(C)OC[C@H]1O[C@@H]2[C@@H](Sc3nc4cc(Cl)c(Cl)cc4n32)[C@@H]1OC(=S)Oc1ccccc1. The lowest BCUT2D eigenvalue weighted by Gasteiger charge is -2.37. The number of hydrogen-bond donors (Lipinski definition) is 0. The van der Waals surface area contributed by atoms with Crippen LogP contribution in [0.2, 0.25) is 28.2 Å². The summed E-state index contributed by atoms with van der Waals surface area (Å²) in [6.45, 7) is 11.5. The molecule has 0 saturated carbocycles. The van der Waals surface area contributed by atoms with Crippen LogP contribution in [0, 0.1) is 0 Å². The molecule has 1 aromatic heterocycles. The summed E-state index contributed by atoms with van der Waals surface area (Å²) in [7, 11) is -2.01. The molecule has 2 aromatic carbocycles. The molecule has 0 radical (unpaired) electrons. The van der Waals surface area contributed by atoms with Gasteiger partial charge in [0.15, 0.2) is 19.7 Å². The first-order valence-electron chi connectivity index (χ1n) is 11.7. The maximum Gasteiger partial charge on any atom is 0.358 e. The summed E-state index contributed by atoms with van der Waals surface area (Å²) in [5, 5.41) is 1.81. The van der Waals surface area contributed by atoms with Crippen LogP contribution >= 0.6 is 47.2 Å². The zero-order chi connectivity index (χ0) is 25.8. The van der Waals surface area contributed by atoms with Gasteiger partial charge in [-0.25, -0.2) is 4.98 Å². The highest BCUT2D eigenvalue weighted by molar-refractivity contribution is 8.00. The van der Waals surface area contributed by atoms with Crippen molar-refractivity contribution in [1.82, 2.24) is 9.55 Å². The normalized spacial score (nSPS) is 23.5. The molecule has 5 rings (SSSR count). The molecular weight excluding hydrogens is 555 g/mol. The summed E-state index contributed by atoms with van der Waals surface area (Å²) in [6.07, 6.45) is -1.04. The Morgan fingerprint density at radius 1 is 1.17 bits per heavy atom. The molecule has 36 heavy (non-hydrogen) atoms. The lowest BCUT2D eigenvalue weighted by molar-refractivity contribution is -0.0415.